The number of carboxylic acids is 1. The summed E-state index contributed by atoms with van der Waals surface area (Å²) in [5.74, 6) is -3.77. The number of hydrogen-bond donors (Lipinski definition) is 4. The van der Waals surface area contributed by atoms with Gasteiger partial charge in [0.25, 0.3) is 5.91 Å². The van der Waals surface area contributed by atoms with Crippen molar-refractivity contribution in [2.45, 2.75) is 71.0 Å². The quantitative estimate of drug-likeness (QED) is 0.268. The number of carboxylic acid groups (broad SMARTS) is 1. The Balaban J connectivity index is 1.28. The van der Waals surface area contributed by atoms with E-state index in [4.69, 9.17) is 4.74 Å². The van der Waals surface area contributed by atoms with Gasteiger partial charge in [0.1, 0.15) is 23.5 Å². The predicted molar refractivity (Wildman–Crippen MR) is 176 cm³/mol. The minimum absolute atomic E-state index is 0.0702. The first-order chi connectivity index (χ1) is 22.9. The third kappa shape index (κ3) is 8.25. The van der Waals surface area contributed by atoms with Crippen LogP contribution < -0.4 is 20.7 Å². The second-order valence-corrected chi connectivity index (χ2v) is 13.6. The van der Waals surface area contributed by atoms with Crippen molar-refractivity contribution in [3.63, 3.8) is 0 Å². The number of carbonyl (C=O) groups excluding carboxylic acids is 4. The standard InChI is InChI=1S/C35H42N6O7/c1-35(2,3)29(40-31(43)28(22-10-5-4-6-11-22)39-30(42)26-18-36-15-16-37-26)32(44)38-27-20-41(19-25(27)33(45)46)34(47)48-24-14-13-21-9-7-8-12-23(21)17-24/h7-9,12-18,22,25,27-29H,4-6,10-11,19-20H2,1-3H3,(H,38,44)(H,39,42)(H,40,43)(H,45,46)/t25-,27+,28+,29-/m1/s1. The molecule has 1 saturated heterocycles. The van der Waals surface area contributed by atoms with Gasteiger partial charge >= 0.3 is 12.1 Å². The van der Waals surface area contributed by atoms with Crippen LogP contribution in [0.2, 0.25) is 0 Å². The normalized spacial score (nSPS) is 19.6. The van der Waals surface area contributed by atoms with Gasteiger partial charge in [0.2, 0.25) is 11.8 Å². The lowest BCUT2D eigenvalue weighted by molar-refractivity contribution is -0.142. The fourth-order valence-corrected chi connectivity index (χ4v) is 6.42. The highest BCUT2D eigenvalue weighted by Gasteiger charge is 2.44. The highest BCUT2D eigenvalue weighted by Crippen LogP contribution is 2.29. The number of rotatable bonds is 9. The smallest absolute Gasteiger partial charge is 0.415 e. The van der Waals surface area contributed by atoms with Crippen molar-refractivity contribution in [1.82, 2.24) is 30.8 Å². The fraction of sp³-hybridized carbons (Fsp3) is 0.457. The van der Waals surface area contributed by atoms with Crippen LogP contribution >= 0.6 is 0 Å². The summed E-state index contributed by atoms with van der Waals surface area (Å²) in [5.41, 5.74) is -0.724. The Morgan fingerprint density at radius 1 is 0.917 bits per heavy atom. The average molecular weight is 659 g/mol. The van der Waals surface area contributed by atoms with E-state index in [0.717, 1.165) is 42.9 Å². The molecule has 5 rings (SSSR count). The van der Waals surface area contributed by atoms with Gasteiger partial charge in [-0.05, 0) is 47.1 Å². The number of aliphatic carboxylic acids is 1. The van der Waals surface area contributed by atoms with Crippen molar-refractivity contribution < 1.29 is 33.8 Å². The molecular weight excluding hydrogens is 616 g/mol. The van der Waals surface area contributed by atoms with Crippen molar-refractivity contribution in [3.05, 3.63) is 66.7 Å². The van der Waals surface area contributed by atoms with Crippen LogP contribution in [0.15, 0.2) is 61.1 Å². The summed E-state index contributed by atoms with van der Waals surface area (Å²) in [6.07, 6.45) is 7.75. The molecule has 4 N–H and O–H groups in total. The number of fused-ring (bicyclic) bond motifs is 1. The number of nitrogens with zero attached hydrogens (tertiary/aromatic N) is 3. The van der Waals surface area contributed by atoms with Gasteiger partial charge in [-0.15, -0.1) is 0 Å². The number of amides is 4. The Hall–Kier alpha value is -5.07. The van der Waals surface area contributed by atoms with Crippen molar-refractivity contribution in [2.24, 2.45) is 17.3 Å². The summed E-state index contributed by atoms with van der Waals surface area (Å²) >= 11 is 0. The van der Waals surface area contributed by atoms with E-state index >= 15 is 0 Å². The highest BCUT2D eigenvalue weighted by molar-refractivity contribution is 5.97. The molecule has 0 spiro atoms. The number of benzene rings is 2. The van der Waals surface area contributed by atoms with Crippen LogP contribution in [0.25, 0.3) is 10.8 Å². The molecule has 1 aromatic heterocycles. The first-order valence-corrected chi connectivity index (χ1v) is 16.3. The first kappa shape index (κ1) is 34.3. The maximum atomic E-state index is 13.9. The summed E-state index contributed by atoms with van der Waals surface area (Å²) in [6, 6.07) is 9.88. The molecule has 2 heterocycles. The van der Waals surface area contributed by atoms with Crippen LogP contribution in [0, 0.1) is 17.3 Å². The lowest BCUT2D eigenvalue weighted by Crippen LogP contribution is -2.61. The molecule has 4 atom stereocenters. The summed E-state index contributed by atoms with van der Waals surface area (Å²) in [4.78, 5) is 75.3. The van der Waals surface area contributed by atoms with E-state index in [2.05, 4.69) is 25.9 Å². The molecule has 0 bridgehead atoms. The van der Waals surface area contributed by atoms with Crippen molar-refractivity contribution in [2.75, 3.05) is 13.1 Å². The van der Waals surface area contributed by atoms with Crippen molar-refractivity contribution in [3.8, 4) is 5.75 Å². The Bertz CT molecular complexity index is 1650. The summed E-state index contributed by atoms with van der Waals surface area (Å²) < 4.78 is 5.57. The number of ether oxygens (including phenoxy) is 1. The van der Waals surface area contributed by atoms with Crippen LogP contribution in [0.3, 0.4) is 0 Å². The van der Waals surface area contributed by atoms with E-state index in [0.29, 0.717) is 5.75 Å². The Kier molecular flexibility index (Phi) is 10.6. The molecule has 1 aliphatic heterocycles. The van der Waals surface area contributed by atoms with E-state index in [9.17, 15) is 29.1 Å². The molecule has 254 valence electrons. The lowest BCUT2D eigenvalue weighted by atomic mass is 9.82. The summed E-state index contributed by atoms with van der Waals surface area (Å²) in [7, 11) is 0. The van der Waals surface area contributed by atoms with E-state index < -0.39 is 59.2 Å². The molecule has 1 aliphatic carbocycles. The van der Waals surface area contributed by atoms with Gasteiger partial charge in [-0.25, -0.2) is 9.78 Å². The molecule has 1 saturated carbocycles. The topological polar surface area (TPSA) is 180 Å². The first-order valence-electron chi connectivity index (χ1n) is 16.3. The van der Waals surface area contributed by atoms with E-state index in [-0.39, 0.29) is 24.7 Å². The van der Waals surface area contributed by atoms with E-state index in [1.807, 2.05) is 30.3 Å². The number of hydrogen-bond acceptors (Lipinski definition) is 8. The maximum Gasteiger partial charge on any atom is 0.415 e. The van der Waals surface area contributed by atoms with Crippen molar-refractivity contribution >= 4 is 40.6 Å². The second kappa shape index (κ2) is 14.8. The molecule has 3 aromatic rings. The average Bonchev–Trinajstić information content (AvgIpc) is 3.50. The largest absolute Gasteiger partial charge is 0.481 e. The molecule has 0 radical (unpaired) electrons. The van der Waals surface area contributed by atoms with Crippen LogP contribution in [-0.2, 0) is 14.4 Å². The molecule has 2 fully saturated rings. The molecule has 4 amide bonds. The Labute approximate surface area is 278 Å². The minimum Gasteiger partial charge on any atom is -0.481 e. The van der Waals surface area contributed by atoms with Gasteiger partial charge in [-0.3, -0.25) is 24.2 Å². The molecule has 0 unspecified atom stereocenters. The molecule has 13 heteroatoms. The second-order valence-electron chi connectivity index (χ2n) is 13.6. The Morgan fingerprint density at radius 3 is 2.31 bits per heavy atom. The number of carbonyl (C=O) groups is 5. The maximum absolute atomic E-state index is 13.9. The number of likely N-dealkylation sites (tertiary alicyclic amines) is 1. The lowest BCUT2D eigenvalue weighted by Gasteiger charge is -2.35. The minimum atomic E-state index is -1.18. The SMILES string of the molecule is CC(C)(C)[C@H](NC(=O)[C@@H](NC(=O)c1cnccn1)C1CCCCC1)C(=O)N[C@H]1CN(C(=O)Oc2ccc3ccccc3c2)C[C@H]1C(=O)O. The van der Waals surface area contributed by atoms with Crippen LogP contribution in [0.5, 0.6) is 5.75 Å². The zero-order chi connectivity index (χ0) is 34.4. The summed E-state index contributed by atoms with van der Waals surface area (Å²) in [6.45, 7) is 5.07. The summed E-state index contributed by atoms with van der Waals surface area (Å²) in [5, 5.41) is 20.3. The van der Waals surface area contributed by atoms with Gasteiger partial charge in [0.15, 0.2) is 0 Å². The van der Waals surface area contributed by atoms with Gasteiger partial charge in [-0.2, -0.15) is 0 Å². The van der Waals surface area contributed by atoms with E-state index in [1.165, 1.54) is 23.5 Å². The van der Waals surface area contributed by atoms with Gasteiger partial charge in [0, 0.05) is 25.5 Å². The van der Waals surface area contributed by atoms with Crippen LogP contribution in [0.4, 0.5) is 4.79 Å². The molecule has 2 aromatic carbocycles. The molecule has 48 heavy (non-hydrogen) atoms. The van der Waals surface area contributed by atoms with E-state index in [1.54, 1.807) is 32.9 Å². The predicted octanol–water partition coefficient (Wildman–Crippen LogP) is 3.54. The van der Waals surface area contributed by atoms with Gasteiger partial charge < -0.3 is 30.7 Å². The monoisotopic (exact) mass is 658 g/mol. The van der Waals surface area contributed by atoms with Gasteiger partial charge in [0.05, 0.1) is 18.2 Å². The third-order valence-corrected chi connectivity index (χ3v) is 9.05. The highest BCUT2D eigenvalue weighted by atomic mass is 16.6. The van der Waals surface area contributed by atoms with Crippen LogP contribution in [0.1, 0.15) is 63.4 Å². The fourth-order valence-electron chi connectivity index (χ4n) is 6.42. The van der Waals surface area contributed by atoms with Crippen molar-refractivity contribution in [1.29, 1.82) is 0 Å². The zero-order valence-corrected chi connectivity index (χ0v) is 27.3. The van der Waals surface area contributed by atoms with Gasteiger partial charge in [-0.1, -0.05) is 70.4 Å². The molecule has 13 nitrogen and oxygen atoms in total. The molecule has 2 aliphatic rings. The van der Waals surface area contributed by atoms with Crippen LogP contribution in [-0.4, -0.2) is 81.0 Å². The molecular formula is C35H42N6O7. The third-order valence-electron chi connectivity index (χ3n) is 9.05. The number of nitrogens with one attached hydrogen (secondary N) is 3. The Morgan fingerprint density at radius 2 is 1.65 bits per heavy atom. The number of aromatic nitrogens is 2. The zero-order valence-electron chi connectivity index (χ0n) is 27.3.